The molecule has 100 valence electrons. The lowest BCUT2D eigenvalue weighted by atomic mass is 10.0. The Morgan fingerprint density at radius 1 is 1.50 bits per heavy atom. The maximum Gasteiger partial charge on any atom is 0.0790 e. The van der Waals surface area contributed by atoms with Crippen molar-refractivity contribution in [1.29, 1.82) is 0 Å². The fourth-order valence-electron chi connectivity index (χ4n) is 2.30. The van der Waals surface area contributed by atoms with Gasteiger partial charge in [0.25, 0.3) is 0 Å². The lowest BCUT2D eigenvalue weighted by Gasteiger charge is -2.13. The van der Waals surface area contributed by atoms with Gasteiger partial charge in [0, 0.05) is 11.1 Å². The Morgan fingerprint density at radius 3 is 3.00 bits per heavy atom. The number of hydrogen-bond acceptors (Lipinski definition) is 2. The zero-order valence-corrected chi connectivity index (χ0v) is 12.6. The molecule has 1 heterocycles. The van der Waals surface area contributed by atoms with Crippen LogP contribution in [0.15, 0.2) is 22.7 Å². The minimum absolute atomic E-state index is 0.411. The number of benzene rings is 1. The quantitative estimate of drug-likeness (QED) is 0.860. The van der Waals surface area contributed by atoms with Crippen LogP contribution < -0.4 is 0 Å². The molecule has 18 heavy (non-hydrogen) atoms. The average molecular weight is 334 g/mol. The van der Waals surface area contributed by atoms with Gasteiger partial charge in [0.05, 0.1) is 17.2 Å². The van der Waals surface area contributed by atoms with E-state index in [1.54, 1.807) is 0 Å². The normalized spacial score (nSPS) is 21.2. The van der Waals surface area contributed by atoms with Gasteiger partial charge in [-0.1, -0.05) is 17.7 Å². The van der Waals surface area contributed by atoms with Crippen LogP contribution in [0.3, 0.4) is 0 Å². The van der Waals surface area contributed by atoms with E-state index >= 15 is 0 Å². The third-order valence-corrected chi connectivity index (χ3v) is 4.57. The molecule has 0 aromatic heterocycles. The third-order valence-electron chi connectivity index (χ3n) is 3.36. The molecule has 0 amide bonds. The van der Waals surface area contributed by atoms with Gasteiger partial charge >= 0.3 is 0 Å². The summed E-state index contributed by atoms with van der Waals surface area (Å²) in [6.45, 7) is 0.900. The van der Waals surface area contributed by atoms with Crippen molar-refractivity contribution in [2.75, 3.05) is 6.61 Å². The number of halogens is 2. The van der Waals surface area contributed by atoms with E-state index in [1.807, 2.05) is 18.2 Å². The second kappa shape index (κ2) is 6.90. The van der Waals surface area contributed by atoms with Crippen molar-refractivity contribution in [1.82, 2.24) is 0 Å². The summed E-state index contributed by atoms with van der Waals surface area (Å²) in [5, 5.41) is 10.8. The van der Waals surface area contributed by atoms with Gasteiger partial charge in [-0.25, -0.2) is 0 Å². The summed E-state index contributed by atoms with van der Waals surface area (Å²) < 4.78 is 6.40. The van der Waals surface area contributed by atoms with Gasteiger partial charge in [0.15, 0.2) is 0 Å². The van der Waals surface area contributed by atoms with Crippen molar-refractivity contribution < 1.29 is 9.84 Å². The summed E-state index contributed by atoms with van der Waals surface area (Å²) in [5.74, 6) is 0. The molecule has 2 atom stereocenters. The van der Waals surface area contributed by atoms with Gasteiger partial charge in [-0.3, -0.25) is 0 Å². The lowest BCUT2D eigenvalue weighted by molar-refractivity contribution is 0.0944. The fraction of sp³-hybridized carbons (Fsp3) is 0.571. The Kier molecular flexibility index (Phi) is 5.49. The van der Waals surface area contributed by atoms with Crippen LogP contribution in [-0.4, -0.2) is 17.8 Å². The summed E-state index contributed by atoms with van der Waals surface area (Å²) >= 11 is 9.30. The van der Waals surface area contributed by atoms with Crippen molar-refractivity contribution in [2.24, 2.45) is 0 Å². The Labute approximate surface area is 121 Å². The number of ether oxygens (including phenoxy) is 1. The maximum atomic E-state index is 10.1. The average Bonchev–Trinajstić information content (AvgIpc) is 2.85. The highest BCUT2D eigenvalue weighted by molar-refractivity contribution is 9.10. The monoisotopic (exact) mass is 332 g/mol. The van der Waals surface area contributed by atoms with E-state index in [9.17, 15) is 5.11 Å². The number of aliphatic hydroxyl groups is 1. The molecule has 0 radical (unpaired) electrons. The zero-order chi connectivity index (χ0) is 13.0. The van der Waals surface area contributed by atoms with E-state index in [-0.39, 0.29) is 0 Å². The Balaban J connectivity index is 1.79. The molecule has 1 aliphatic rings. The van der Waals surface area contributed by atoms with Crippen LogP contribution in [0.2, 0.25) is 5.02 Å². The van der Waals surface area contributed by atoms with Gasteiger partial charge < -0.3 is 9.84 Å². The van der Waals surface area contributed by atoms with Crippen molar-refractivity contribution in [3.63, 3.8) is 0 Å². The predicted molar refractivity (Wildman–Crippen MR) is 76.9 cm³/mol. The lowest BCUT2D eigenvalue weighted by Crippen LogP contribution is -2.06. The molecular weight excluding hydrogens is 316 g/mol. The molecule has 0 saturated carbocycles. The maximum absolute atomic E-state index is 10.1. The summed E-state index contributed by atoms with van der Waals surface area (Å²) in [4.78, 5) is 0. The predicted octanol–water partition coefficient (Wildman–Crippen LogP) is 4.49. The number of rotatable bonds is 5. The Hall–Kier alpha value is -0.0900. The Morgan fingerprint density at radius 2 is 2.33 bits per heavy atom. The molecule has 4 heteroatoms. The SMILES string of the molecule is OC(CCCC1CCCO1)c1ccc(Cl)c(Br)c1. The minimum Gasteiger partial charge on any atom is -0.388 e. The summed E-state index contributed by atoms with van der Waals surface area (Å²) in [7, 11) is 0. The van der Waals surface area contributed by atoms with Gasteiger partial charge in [-0.05, 0) is 65.7 Å². The smallest absolute Gasteiger partial charge is 0.0790 e. The first kappa shape index (κ1) is 14.3. The van der Waals surface area contributed by atoms with Gasteiger partial charge in [0.1, 0.15) is 0 Å². The standard InChI is InChI=1S/C14H18BrClO2/c15-12-9-10(6-7-13(12)16)14(17)5-1-3-11-4-2-8-18-11/h6-7,9,11,14,17H,1-5,8H2. The molecule has 1 fully saturated rings. The van der Waals surface area contributed by atoms with Gasteiger partial charge in [-0.2, -0.15) is 0 Å². The second-order valence-corrected chi connectivity index (χ2v) is 6.02. The molecule has 0 bridgehead atoms. The molecular formula is C14H18BrClO2. The van der Waals surface area contributed by atoms with Crippen LogP contribution in [0, 0.1) is 0 Å². The van der Waals surface area contributed by atoms with Crippen LogP contribution in [-0.2, 0) is 4.74 Å². The van der Waals surface area contributed by atoms with Gasteiger partial charge in [0.2, 0.25) is 0 Å². The third kappa shape index (κ3) is 3.95. The highest BCUT2D eigenvalue weighted by Gasteiger charge is 2.16. The summed E-state index contributed by atoms with van der Waals surface area (Å²) in [5.41, 5.74) is 0.915. The minimum atomic E-state index is -0.417. The topological polar surface area (TPSA) is 29.5 Å². The second-order valence-electron chi connectivity index (χ2n) is 4.76. The highest BCUT2D eigenvalue weighted by atomic mass is 79.9. The van der Waals surface area contributed by atoms with Crippen molar-refractivity contribution in [3.8, 4) is 0 Å². The van der Waals surface area contributed by atoms with E-state index in [0.717, 1.165) is 35.9 Å². The van der Waals surface area contributed by atoms with Crippen LogP contribution in [0.5, 0.6) is 0 Å². The zero-order valence-electron chi connectivity index (χ0n) is 10.2. The van der Waals surface area contributed by atoms with Crippen LogP contribution in [0.1, 0.15) is 43.8 Å². The van der Waals surface area contributed by atoms with Crippen molar-refractivity contribution >= 4 is 27.5 Å². The number of hydrogen-bond donors (Lipinski definition) is 1. The molecule has 2 unspecified atom stereocenters. The van der Waals surface area contributed by atoms with E-state index < -0.39 is 6.10 Å². The molecule has 2 rings (SSSR count). The van der Waals surface area contributed by atoms with E-state index in [4.69, 9.17) is 16.3 Å². The molecule has 1 aliphatic heterocycles. The first-order valence-corrected chi connectivity index (χ1v) is 7.58. The van der Waals surface area contributed by atoms with Crippen LogP contribution in [0.4, 0.5) is 0 Å². The van der Waals surface area contributed by atoms with E-state index in [0.29, 0.717) is 11.1 Å². The molecule has 1 N–H and O–H groups in total. The largest absolute Gasteiger partial charge is 0.388 e. The summed E-state index contributed by atoms with van der Waals surface area (Å²) in [6, 6.07) is 5.58. The van der Waals surface area contributed by atoms with E-state index in [1.165, 1.54) is 12.8 Å². The van der Waals surface area contributed by atoms with Crippen LogP contribution >= 0.6 is 27.5 Å². The van der Waals surface area contributed by atoms with Gasteiger partial charge in [-0.15, -0.1) is 0 Å². The summed E-state index contributed by atoms with van der Waals surface area (Å²) in [6.07, 6.45) is 5.15. The molecule has 0 spiro atoms. The number of aliphatic hydroxyl groups excluding tert-OH is 1. The van der Waals surface area contributed by atoms with Crippen LogP contribution in [0.25, 0.3) is 0 Å². The molecule has 2 nitrogen and oxygen atoms in total. The fourth-order valence-corrected chi connectivity index (χ4v) is 2.81. The highest BCUT2D eigenvalue weighted by Crippen LogP contribution is 2.28. The Bertz CT molecular complexity index is 391. The molecule has 1 aromatic rings. The van der Waals surface area contributed by atoms with Crippen molar-refractivity contribution in [3.05, 3.63) is 33.3 Å². The molecule has 1 saturated heterocycles. The van der Waals surface area contributed by atoms with E-state index in [2.05, 4.69) is 15.9 Å². The first-order valence-electron chi connectivity index (χ1n) is 6.41. The molecule has 0 aliphatic carbocycles. The first-order chi connectivity index (χ1) is 8.66. The van der Waals surface area contributed by atoms with Crippen molar-refractivity contribution in [2.45, 2.75) is 44.3 Å². The molecule has 1 aromatic carbocycles.